The molecule has 1 N–H and O–H groups in total. The second-order valence-corrected chi connectivity index (χ2v) is 7.83. The van der Waals surface area contributed by atoms with Gasteiger partial charge in [0.15, 0.2) is 5.78 Å². The number of methoxy groups -OCH3 is 1. The zero-order valence-corrected chi connectivity index (χ0v) is 17.1. The van der Waals surface area contributed by atoms with E-state index in [2.05, 4.69) is 11.4 Å². The van der Waals surface area contributed by atoms with Crippen LogP contribution in [0.25, 0.3) is 0 Å². The first-order valence-corrected chi connectivity index (χ1v) is 9.93. The number of dihydropyridines is 1. The third kappa shape index (κ3) is 3.43. The Hall–Kier alpha value is -3.03. The fourth-order valence-electron chi connectivity index (χ4n) is 4.32. The van der Waals surface area contributed by atoms with E-state index in [0.29, 0.717) is 29.0 Å². The van der Waals surface area contributed by atoms with Crippen molar-refractivity contribution in [1.82, 2.24) is 5.32 Å². The molecule has 29 heavy (non-hydrogen) atoms. The van der Waals surface area contributed by atoms with E-state index in [0.717, 1.165) is 28.3 Å². The number of hydrogen-bond acceptors (Lipinski definition) is 4. The molecule has 4 nitrogen and oxygen atoms in total. The lowest BCUT2D eigenvalue weighted by Crippen LogP contribution is -2.33. The van der Waals surface area contributed by atoms with Crippen molar-refractivity contribution >= 4 is 17.4 Å². The van der Waals surface area contributed by atoms with Gasteiger partial charge in [0.05, 0.1) is 24.7 Å². The van der Waals surface area contributed by atoms with Crippen LogP contribution in [0.5, 0.6) is 5.75 Å². The predicted molar refractivity (Wildman–Crippen MR) is 113 cm³/mol. The van der Waals surface area contributed by atoms with E-state index in [1.54, 1.807) is 13.2 Å². The highest BCUT2D eigenvalue weighted by atomic mass is 35.5. The number of nitrogens with zero attached hydrogens (tertiary/aromatic N) is 1. The number of carbonyl (C=O) groups is 1. The van der Waals surface area contributed by atoms with Gasteiger partial charge in [0.1, 0.15) is 5.75 Å². The van der Waals surface area contributed by atoms with E-state index in [1.165, 1.54) is 0 Å². The van der Waals surface area contributed by atoms with E-state index < -0.39 is 5.92 Å². The standard InChI is InChI=1S/C24H21ClN2O2/c1-14-19(13-26)23(18-5-3-4-6-20(18)25)24-21(27-14)11-16(12-22(24)28)15-7-9-17(29-2)10-8-15/h3-10,16,23,27H,11-12H2,1-2H3/t16-,23+/m0/s1. The summed E-state index contributed by atoms with van der Waals surface area (Å²) in [7, 11) is 1.64. The van der Waals surface area contributed by atoms with Crippen molar-refractivity contribution in [3.8, 4) is 11.8 Å². The van der Waals surface area contributed by atoms with Crippen LogP contribution in [0, 0.1) is 11.3 Å². The van der Waals surface area contributed by atoms with Crippen molar-refractivity contribution in [3.63, 3.8) is 0 Å². The molecule has 4 rings (SSSR count). The van der Waals surface area contributed by atoms with Crippen LogP contribution in [-0.2, 0) is 4.79 Å². The quantitative estimate of drug-likeness (QED) is 0.760. The third-order valence-electron chi connectivity index (χ3n) is 5.75. The Morgan fingerprint density at radius 1 is 1.14 bits per heavy atom. The summed E-state index contributed by atoms with van der Waals surface area (Å²) in [5, 5.41) is 13.7. The Labute approximate surface area is 175 Å². The molecule has 5 heteroatoms. The molecule has 0 aromatic heterocycles. The Morgan fingerprint density at radius 2 is 1.86 bits per heavy atom. The molecule has 1 aliphatic carbocycles. The molecule has 2 aliphatic rings. The van der Waals surface area contributed by atoms with Gasteiger partial charge < -0.3 is 10.1 Å². The van der Waals surface area contributed by atoms with Gasteiger partial charge in [-0.1, -0.05) is 41.9 Å². The maximum Gasteiger partial charge on any atom is 0.162 e. The number of Topliss-reactive ketones (excluding diaryl/α,β-unsaturated/α-hetero) is 1. The number of hydrogen-bond donors (Lipinski definition) is 1. The zero-order valence-electron chi connectivity index (χ0n) is 16.3. The molecule has 0 saturated heterocycles. The van der Waals surface area contributed by atoms with Crippen LogP contribution in [0.4, 0.5) is 0 Å². The van der Waals surface area contributed by atoms with E-state index >= 15 is 0 Å². The molecule has 0 spiro atoms. The number of rotatable bonds is 3. The van der Waals surface area contributed by atoms with E-state index in [4.69, 9.17) is 16.3 Å². The fourth-order valence-corrected chi connectivity index (χ4v) is 4.56. The van der Waals surface area contributed by atoms with Crippen LogP contribution < -0.4 is 10.1 Å². The van der Waals surface area contributed by atoms with Crippen LogP contribution in [0.3, 0.4) is 0 Å². The van der Waals surface area contributed by atoms with Crippen LogP contribution in [0.2, 0.25) is 5.02 Å². The minimum absolute atomic E-state index is 0.0599. The highest BCUT2D eigenvalue weighted by Crippen LogP contribution is 2.46. The van der Waals surface area contributed by atoms with Gasteiger partial charge in [0.25, 0.3) is 0 Å². The Bertz CT molecular complexity index is 1080. The zero-order chi connectivity index (χ0) is 20.5. The SMILES string of the molecule is COc1ccc([C@@H]2CC(=O)C3=C(C2)NC(C)=C(C#N)[C@H]3c2ccccc2Cl)cc1. The summed E-state index contributed by atoms with van der Waals surface area (Å²) < 4.78 is 5.24. The second-order valence-electron chi connectivity index (χ2n) is 7.42. The van der Waals surface area contributed by atoms with Crippen molar-refractivity contribution in [1.29, 1.82) is 5.26 Å². The molecular formula is C24H21ClN2O2. The van der Waals surface area contributed by atoms with Gasteiger partial charge in [0.2, 0.25) is 0 Å². The molecule has 0 radical (unpaired) electrons. The lowest BCUT2D eigenvalue weighted by Gasteiger charge is -2.36. The molecule has 2 aromatic rings. The minimum atomic E-state index is -0.422. The molecule has 1 heterocycles. The summed E-state index contributed by atoms with van der Waals surface area (Å²) in [5.41, 5.74) is 4.80. The number of allylic oxidation sites excluding steroid dienone is 4. The molecule has 146 valence electrons. The van der Waals surface area contributed by atoms with Crippen molar-refractivity contribution in [3.05, 3.63) is 87.2 Å². The van der Waals surface area contributed by atoms with Gasteiger partial charge in [-0.05, 0) is 48.6 Å². The molecule has 0 saturated carbocycles. The van der Waals surface area contributed by atoms with E-state index in [1.807, 2.05) is 49.4 Å². The monoisotopic (exact) mass is 404 g/mol. The Kier molecular flexibility index (Phi) is 5.17. The minimum Gasteiger partial charge on any atom is -0.497 e. The number of nitrogens with one attached hydrogen (secondary N) is 1. The average Bonchev–Trinajstić information content (AvgIpc) is 2.73. The molecule has 0 unspecified atom stereocenters. The molecule has 0 bridgehead atoms. The average molecular weight is 405 g/mol. The summed E-state index contributed by atoms with van der Waals surface area (Å²) >= 11 is 6.46. The molecule has 1 aliphatic heterocycles. The first kappa shape index (κ1) is 19.3. The van der Waals surface area contributed by atoms with Crippen LogP contribution >= 0.6 is 11.6 Å². The van der Waals surface area contributed by atoms with Crippen molar-refractivity contribution in [2.24, 2.45) is 0 Å². The van der Waals surface area contributed by atoms with E-state index in [-0.39, 0.29) is 11.7 Å². The normalized spacial score (nSPS) is 21.4. The topological polar surface area (TPSA) is 62.1 Å². The number of benzene rings is 2. The number of ether oxygens (including phenoxy) is 1. The Balaban J connectivity index is 1.76. The summed E-state index contributed by atoms with van der Waals surface area (Å²) in [5.74, 6) is 0.518. The number of carbonyl (C=O) groups excluding carboxylic acids is 1. The summed E-state index contributed by atoms with van der Waals surface area (Å²) in [6, 6.07) is 17.6. The number of nitriles is 1. The van der Waals surface area contributed by atoms with Gasteiger partial charge in [-0.2, -0.15) is 5.26 Å². The second kappa shape index (κ2) is 7.77. The highest BCUT2D eigenvalue weighted by Gasteiger charge is 2.39. The number of ketones is 1. The largest absolute Gasteiger partial charge is 0.497 e. The van der Waals surface area contributed by atoms with Crippen molar-refractivity contribution < 1.29 is 9.53 Å². The smallest absolute Gasteiger partial charge is 0.162 e. The molecule has 2 atom stereocenters. The fraction of sp³-hybridized carbons (Fsp3) is 0.250. The lowest BCUT2D eigenvalue weighted by atomic mass is 9.72. The van der Waals surface area contributed by atoms with Crippen LogP contribution in [-0.4, -0.2) is 12.9 Å². The van der Waals surface area contributed by atoms with Gasteiger partial charge in [0, 0.05) is 28.4 Å². The maximum atomic E-state index is 13.3. The lowest BCUT2D eigenvalue weighted by molar-refractivity contribution is -0.116. The van der Waals surface area contributed by atoms with Crippen molar-refractivity contribution in [2.75, 3.05) is 7.11 Å². The molecule has 2 aromatic carbocycles. The predicted octanol–water partition coefficient (Wildman–Crippen LogP) is 5.23. The summed E-state index contributed by atoms with van der Waals surface area (Å²) in [6.45, 7) is 1.88. The van der Waals surface area contributed by atoms with Gasteiger partial charge in [-0.15, -0.1) is 0 Å². The molecular weight excluding hydrogens is 384 g/mol. The van der Waals surface area contributed by atoms with Gasteiger partial charge in [-0.25, -0.2) is 0 Å². The molecule has 0 amide bonds. The molecule has 0 fully saturated rings. The number of halogens is 1. The summed E-state index contributed by atoms with van der Waals surface area (Å²) in [4.78, 5) is 13.3. The van der Waals surface area contributed by atoms with Crippen molar-refractivity contribution in [2.45, 2.75) is 31.6 Å². The van der Waals surface area contributed by atoms with Gasteiger partial charge >= 0.3 is 0 Å². The third-order valence-corrected chi connectivity index (χ3v) is 6.10. The van der Waals surface area contributed by atoms with Gasteiger partial charge in [-0.3, -0.25) is 4.79 Å². The maximum absolute atomic E-state index is 13.3. The first-order valence-electron chi connectivity index (χ1n) is 9.56. The summed E-state index contributed by atoms with van der Waals surface area (Å²) in [6.07, 6.45) is 1.12. The van der Waals surface area contributed by atoms with Crippen LogP contribution in [0.1, 0.15) is 42.7 Å². The van der Waals surface area contributed by atoms with Crippen LogP contribution in [0.15, 0.2) is 71.1 Å². The Morgan fingerprint density at radius 3 is 2.52 bits per heavy atom. The highest BCUT2D eigenvalue weighted by molar-refractivity contribution is 6.31. The first-order chi connectivity index (χ1) is 14.0. The van der Waals surface area contributed by atoms with E-state index in [9.17, 15) is 10.1 Å².